The number of methoxy groups -OCH3 is 1. The van der Waals surface area contributed by atoms with Crippen LogP contribution in [0, 0.1) is 11.6 Å². The maximum absolute atomic E-state index is 13.2. The second-order valence-corrected chi connectivity index (χ2v) is 5.21. The number of hydrogen-bond acceptors (Lipinski definition) is 5. The summed E-state index contributed by atoms with van der Waals surface area (Å²) in [6.45, 7) is 0. The number of carbonyl (C=O) groups is 1. The number of halogens is 2. The molecule has 0 saturated carbocycles. The maximum atomic E-state index is 13.2. The van der Waals surface area contributed by atoms with Crippen LogP contribution in [0.3, 0.4) is 0 Å². The van der Waals surface area contributed by atoms with Crippen LogP contribution in [0.25, 0.3) is 0 Å². The minimum absolute atomic E-state index is 0.233. The highest BCUT2D eigenvalue weighted by Gasteiger charge is 2.12. The minimum atomic E-state index is -0.969. The molecule has 6 nitrogen and oxygen atoms in total. The summed E-state index contributed by atoms with van der Waals surface area (Å²) in [5.41, 5.74) is 0.685. The second-order valence-electron chi connectivity index (χ2n) is 5.21. The maximum Gasteiger partial charge on any atom is 0.260 e. The Labute approximate surface area is 147 Å². The molecule has 0 saturated heterocycles. The molecule has 3 aromatic rings. The summed E-state index contributed by atoms with van der Waals surface area (Å²) in [7, 11) is 1.48. The van der Waals surface area contributed by atoms with E-state index in [1.807, 2.05) is 0 Å². The minimum Gasteiger partial charge on any atom is -0.496 e. The van der Waals surface area contributed by atoms with E-state index in [0.717, 1.165) is 12.1 Å². The van der Waals surface area contributed by atoms with E-state index in [0.29, 0.717) is 22.8 Å². The molecule has 1 heterocycles. The molecule has 1 amide bonds. The van der Waals surface area contributed by atoms with Crippen LogP contribution < -0.4 is 15.4 Å². The lowest BCUT2D eigenvalue weighted by Crippen LogP contribution is -2.14. The Morgan fingerprint density at radius 1 is 0.962 bits per heavy atom. The van der Waals surface area contributed by atoms with Crippen LogP contribution in [0.5, 0.6) is 5.75 Å². The van der Waals surface area contributed by atoms with E-state index in [-0.39, 0.29) is 5.82 Å². The van der Waals surface area contributed by atoms with Crippen molar-refractivity contribution < 1.29 is 18.3 Å². The average molecular weight is 356 g/mol. The first kappa shape index (κ1) is 17.3. The molecule has 132 valence electrons. The van der Waals surface area contributed by atoms with Crippen molar-refractivity contribution in [3.63, 3.8) is 0 Å². The summed E-state index contributed by atoms with van der Waals surface area (Å²) >= 11 is 0. The van der Waals surface area contributed by atoms with Gasteiger partial charge in [0.2, 0.25) is 0 Å². The van der Waals surface area contributed by atoms with Crippen LogP contribution >= 0.6 is 0 Å². The van der Waals surface area contributed by atoms with Crippen LogP contribution in [0.4, 0.5) is 26.1 Å². The quantitative estimate of drug-likeness (QED) is 0.728. The molecule has 1 aromatic heterocycles. The third-order valence-corrected chi connectivity index (χ3v) is 3.45. The topological polar surface area (TPSA) is 76.1 Å². The van der Waals surface area contributed by atoms with E-state index in [2.05, 4.69) is 20.8 Å². The number of carbonyl (C=O) groups excluding carboxylic acids is 1. The van der Waals surface area contributed by atoms with Gasteiger partial charge in [-0.25, -0.2) is 8.78 Å². The average Bonchev–Trinajstić information content (AvgIpc) is 2.66. The lowest BCUT2D eigenvalue weighted by molar-refractivity contribution is 0.102. The number of aromatic nitrogens is 2. The standard InChI is InChI=1S/C18H14F2N4O2/c1-26-15-5-3-2-4-12(15)18(25)22-17-9-8-16(23-24-17)21-11-6-7-13(19)14(20)10-11/h2-10H,1H3,(H,21,23)(H,22,24,25). The molecule has 0 bridgehead atoms. The Kier molecular flexibility index (Phi) is 5.02. The number of benzene rings is 2. The van der Waals surface area contributed by atoms with Crippen LogP contribution in [0.15, 0.2) is 54.6 Å². The zero-order valence-electron chi connectivity index (χ0n) is 13.7. The molecule has 3 rings (SSSR count). The van der Waals surface area contributed by atoms with Crippen molar-refractivity contribution in [2.45, 2.75) is 0 Å². The van der Waals surface area contributed by atoms with Crippen LogP contribution in [-0.2, 0) is 0 Å². The number of hydrogen-bond donors (Lipinski definition) is 2. The molecular weight excluding hydrogens is 342 g/mol. The first-order valence-electron chi connectivity index (χ1n) is 7.57. The number of nitrogens with zero attached hydrogens (tertiary/aromatic N) is 2. The molecule has 2 N–H and O–H groups in total. The lowest BCUT2D eigenvalue weighted by atomic mass is 10.2. The number of amides is 1. The molecule has 0 unspecified atom stereocenters. The van der Waals surface area contributed by atoms with Crippen LogP contribution in [0.2, 0.25) is 0 Å². The van der Waals surface area contributed by atoms with E-state index in [9.17, 15) is 13.6 Å². The van der Waals surface area contributed by atoms with Gasteiger partial charge in [-0.15, -0.1) is 10.2 Å². The lowest BCUT2D eigenvalue weighted by Gasteiger charge is -2.09. The molecule has 0 aliphatic heterocycles. The van der Waals surface area contributed by atoms with Gasteiger partial charge in [-0.1, -0.05) is 12.1 Å². The van der Waals surface area contributed by atoms with Gasteiger partial charge in [-0.05, 0) is 36.4 Å². The van der Waals surface area contributed by atoms with Gasteiger partial charge in [0, 0.05) is 11.8 Å². The third kappa shape index (κ3) is 3.92. The number of rotatable bonds is 5. The monoisotopic (exact) mass is 356 g/mol. The second kappa shape index (κ2) is 7.56. The van der Waals surface area contributed by atoms with Crippen LogP contribution in [-0.4, -0.2) is 23.2 Å². The van der Waals surface area contributed by atoms with E-state index in [1.54, 1.807) is 30.3 Å². The Bertz CT molecular complexity index is 933. The van der Waals surface area contributed by atoms with Gasteiger partial charge in [0.1, 0.15) is 5.75 Å². The van der Waals surface area contributed by atoms with Gasteiger partial charge in [0.25, 0.3) is 5.91 Å². The largest absolute Gasteiger partial charge is 0.496 e. The predicted octanol–water partition coefficient (Wildman–Crippen LogP) is 3.76. The van der Waals surface area contributed by atoms with Crippen molar-refractivity contribution in [1.82, 2.24) is 10.2 Å². The summed E-state index contributed by atoms with van der Waals surface area (Å²) < 4.78 is 31.3. The Morgan fingerprint density at radius 2 is 1.69 bits per heavy atom. The van der Waals surface area contributed by atoms with Gasteiger partial charge in [0.15, 0.2) is 23.3 Å². The fourth-order valence-corrected chi connectivity index (χ4v) is 2.20. The SMILES string of the molecule is COc1ccccc1C(=O)Nc1ccc(Nc2ccc(F)c(F)c2)nn1. The van der Waals surface area contributed by atoms with E-state index >= 15 is 0 Å². The Morgan fingerprint density at radius 3 is 2.38 bits per heavy atom. The fraction of sp³-hybridized carbons (Fsp3) is 0.0556. The van der Waals surface area contributed by atoms with E-state index in [4.69, 9.17) is 4.74 Å². The van der Waals surface area contributed by atoms with Gasteiger partial charge < -0.3 is 15.4 Å². The molecule has 0 atom stereocenters. The van der Waals surface area contributed by atoms with Crippen molar-refractivity contribution in [1.29, 1.82) is 0 Å². The number of ether oxygens (including phenoxy) is 1. The Balaban J connectivity index is 1.69. The predicted molar refractivity (Wildman–Crippen MR) is 92.6 cm³/mol. The summed E-state index contributed by atoms with van der Waals surface area (Å²) in [5, 5.41) is 13.2. The van der Waals surface area contributed by atoms with Crippen molar-refractivity contribution in [3.8, 4) is 5.75 Å². The molecule has 0 radical (unpaired) electrons. The number of nitrogens with one attached hydrogen (secondary N) is 2. The van der Waals surface area contributed by atoms with Crippen molar-refractivity contribution in [2.75, 3.05) is 17.7 Å². The zero-order valence-corrected chi connectivity index (χ0v) is 13.7. The summed E-state index contributed by atoms with van der Waals surface area (Å²) in [4.78, 5) is 12.3. The highest BCUT2D eigenvalue weighted by Crippen LogP contribution is 2.20. The molecule has 0 aliphatic rings. The summed E-state index contributed by atoms with van der Waals surface area (Å²) in [5.74, 6) is -1.31. The molecule has 8 heteroatoms. The third-order valence-electron chi connectivity index (χ3n) is 3.45. The molecule has 0 aliphatic carbocycles. The zero-order chi connectivity index (χ0) is 18.5. The molecule has 0 spiro atoms. The smallest absolute Gasteiger partial charge is 0.260 e. The highest BCUT2D eigenvalue weighted by molar-refractivity contribution is 6.05. The first-order valence-corrected chi connectivity index (χ1v) is 7.57. The van der Waals surface area contributed by atoms with Crippen LogP contribution in [0.1, 0.15) is 10.4 Å². The van der Waals surface area contributed by atoms with E-state index in [1.165, 1.54) is 19.2 Å². The Hall–Kier alpha value is -3.55. The molecular formula is C18H14F2N4O2. The normalized spacial score (nSPS) is 10.3. The first-order chi connectivity index (χ1) is 12.6. The van der Waals surface area contributed by atoms with Crippen molar-refractivity contribution >= 4 is 23.2 Å². The van der Waals surface area contributed by atoms with Crippen molar-refractivity contribution in [2.24, 2.45) is 0 Å². The fourth-order valence-electron chi connectivity index (χ4n) is 2.20. The highest BCUT2D eigenvalue weighted by atomic mass is 19.2. The van der Waals surface area contributed by atoms with Gasteiger partial charge in [-0.2, -0.15) is 0 Å². The van der Waals surface area contributed by atoms with Gasteiger partial charge in [0.05, 0.1) is 12.7 Å². The number of para-hydroxylation sites is 1. The van der Waals surface area contributed by atoms with Gasteiger partial charge >= 0.3 is 0 Å². The van der Waals surface area contributed by atoms with E-state index < -0.39 is 17.5 Å². The summed E-state index contributed by atoms with van der Waals surface area (Å²) in [6.07, 6.45) is 0. The van der Waals surface area contributed by atoms with Crippen molar-refractivity contribution in [3.05, 3.63) is 71.8 Å². The molecule has 26 heavy (non-hydrogen) atoms. The molecule has 0 fully saturated rings. The summed E-state index contributed by atoms with van der Waals surface area (Å²) in [6, 6.07) is 13.2. The van der Waals surface area contributed by atoms with Gasteiger partial charge in [-0.3, -0.25) is 4.79 Å². The molecule has 2 aromatic carbocycles. The number of anilines is 3.